The minimum Gasteiger partial charge on any atom is -0.370 e. The maximum Gasteiger partial charge on any atom is 0.222 e. The molecule has 0 rings (SSSR count). The summed E-state index contributed by atoms with van der Waals surface area (Å²) < 4.78 is 0. The molecule has 0 heterocycles. The summed E-state index contributed by atoms with van der Waals surface area (Å²) in [5.74, 6) is -0.0432. The van der Waals surface area contributed by atoms with Gasteiger partial charge in [0.2, 0.25) is 5.91 Å². The molecule has 0 aliphatic rings. The molecule has 160 valence electrons. The number of aliphatic hydroxyl groups is 1. The zero-order chi connectivity index (χ0) is 20.0. The smallest absolute Gasteiger partial charge is 0.222 e. The molecule has 3 heteroatoms. The zero-order valence-corrected chi connectivity index (χ0v) is 18.3. The van der Waals surface area contributed by atoms with Gasteiger partial charge < -0.3 is 10.4 Å². The van der Waals surface area contributed by atoms with Crippen LogP contribution in [0.4, 0.5) is 0 Å². The Morgan fingerprint density at radius 2 is 1.19 bits per heavy atom. The number of nitrogens with one attached hydrogen (secondary N) is 1. The van der Waals surface area contributed by atoms with Crippen LogP contribution in [-0.4, -0.2) is 17.2 Å². The van der Waals surface area contributed by atoms with Gasteiger partial charge in [-0.2, -0.15) is 0 Å². The van der Waals surface area contributed by atoms with Gasteiger partial charge in [-0.3, -0.25) is 4.79 Å². The highest BCUT2D eigenvalue weighted by Gasteiger charge is 2.05. The summed E-state index contributed by atoms with van der Waals surface area (Å²) in [4.78, 5) is 11.7. The van der Waals surface area contributed by atoms with Crippen molar-refractivity contribution in [3.63, 3.8) is 0 Å². The van der Waals surface area contributed by atoms with E-state index in [0.29, 0.717) is 6.42 Å². The summed E-state index contributed by atoms with van der Waals surface area (Å²) in [6.07, 6.45) is 24.9. The lowest BCUT2D eigenvalue weighted by Crippen LogP contribution is -2.32. The molecule has 0 saturated heterocycles. The Morgan fingerprint density at radius 3 is 1.70 bits per heavy atom. The van der Waals surface area contributed by atoms with Gasteiger partial charge in [-0.1, -0.05) is 110 Å². The predicted molar refractivity (Wildman–Crippen MR) is 118 cm³/mol. The quantitative estimate of drug-likeness (QED) is 0.135. The molecule has 27 heavy (non-hydrogen) atoms. The fraction of sp³-hybridized carbons (Fsp3) is 0.875. The van der Waals surface area contributed by atoms with Gasteiger partial charge >= 0.3 is 0 Å². The summed E-state index contributed by atoms with van der Waals surface area (Å²) in [5.41, 5.74) is 0. The molecule has 3 nitrogen and oxygen atoms in total. The van der Waals surface area contributed by atoms with E-state index in [1.807, 2.05) is 6.08 Å². The molecular formula is C24H47NO2. The van der Waals surface area contributed by atoms with Crippen molar-refractivity contribution in [2.24, 2.45) is 0 Å². The average Bonchev–Trinajstić information content (AvgIpc) is 2.65. The summed E-state index contributed by atoms with van der Waals surface area (Å²) in [5, 5.41) is 12.5. The molecule has 0 aliphatic carbocycles. The Balaban J connectivity index is 3.38. The van der Waals surface area contributed by atoms with Crippen LogP contribution in [0.3, 0.4) is 0 Å². The van der Waals surface area contributed by atoms with Crippen molar-refractivity contribution in [3.8, 4) is 0 Å². The Kier molecular flexibility index (Phi) is 20.8. The lowest BCUT2D eigenvalue weighted by Gasteiger charge is -2.08. The second-order valence-corrected chi connectivity index (χ2v) is 7.93. The number of allylic oxidation sites excluding steroid dienone is 1. The molecule has 1 amide bonds. The van der Waals surface area contributed by atoms with E-state index in [9.17, 15) is 9.90 Å². The molecule has 0 aliphatic heterocycles. The Morgan fingerprint density at radius 1 is 0.741 bits per heavy atom. The van der Waals surface area contributed by atoms with E-state index >= 15 is 0 Å². The van der Waals surface area contributed by atoms with Crippen LogP contribution in [0, 0.1) is 0 Å². The van der Waals surface area contributed by atoms with Crippen molar-refractivity contribution in [2.75, 3.05) is 0 Å². The molecule has 0 bridgehead atoms. The number of carbonyl (C=O) groups excluding carboxylic acids is 1. The van der Waals surface area contributed by atoms with Crippen LogP contribution in [0.5, 0.6) is 0 Å². The highest BCUT2D eigenvalue weighted by atomic mass is 16.3. The Bertz CT molecular complexity index is 341. The van der Waals surface area contributed by atoms with Gasteiger partial charge in [0, 0.05) is 6.42 Å². The molecule has 1 unspecified atom stereocenters. The third-order valence-electron chi connectivity index (χ3n) is 5.11. The van der Waals surface area contributed by atoms with E-state index < -0.39 is 6.23 Å². The first-order valence-corrected chi connectivity index (χ1v) is 11.8. The molecule has 0 fully saturated rings. The van der Waals surface area contributed by atoms with Crippen LogP contribution in [0.15, 0.2) is 12.2 Å². The number of hydrogen-bond donors (Lipinski definition) is 2. The number of rotatable bonds is 20. The first-order valence-electron chi connectivity index (χ1n) is 11.8. The second kappa shape index (κ2) is 21.5. The molecule has 2 N–H and O–H groups in total. The van der Waals surface area contributed by atoms with Gasteiger partial charge in [0.05, 0.1) is 0 Å². The molecular weight excluding hydrogens is 334 g/mol. The van der Waals surface area contributed by atoms with Crippen LogP contribution < -0.4 is 5.32 Å². The van der Waals surface area contributed by atoms with Crippen LogP contribution >= 0.6 is 0 Å². The van der Waals surface area contributed by atoms with Crippen molar-refractivity contribution in [2.45, 2.75) is 136 Å². The van der Waals surface area contributed by atoms with E-state index in [-0.39, 0.29) is 5.91 Å². The largest absolute Gasteiger partial charge is 0.370 e. The monoisotopic (exact) mass is 381 g/mol. The number of hydrogen-bond acceptors (Lipinski definition) is 2. The normalized spacial score (nSPS) is 12.6. The fourth-order valence-corrected chi connectivity index (χ4v) is 3.33. The molecule has 0 spiro atoms. The molecule has 0 aromatic rings. The van der Waals surface area contributed by atoms with Gasteiger partial charge in [0.1, 0.15) is 6.23 Å². The van der Waals surface area contributed by atoms with Crippen molar-refractivity contribution < 1.29 is 9.90 Å². The number of carbonyl (C=O) groups is 1. The molecule has 0 aromatic heterocycles. The topological polar surface area (TPSA) is 49.3 Å². The lowest BCUT2D eigenvalue weighted by molar-refractivity contribution is -0.123. The first kappa shape index (κ1) is 26.2. The number of unbranched alkanes of at least 4 members (excludes halogenated alkanes) is 15. The van der Waals surface area contributed by atoms with E-state index in [1.165, 1.54) is 89.9 Å². The van der Waals surface area contributed by atoms with Crippen molar-refractivity contribution in [1.29, 1.82) is 0 Å². The SMILES string of the molecule is CCCCCCCCCCCCC/C=C/C(O)NC(=O)CCCCCCC. The maximum atomic E-state index is 11.7. The summed E-state index contributed by atoms with van der Waals surface area (Å²) in [7, 11) is 0. The highest BCUT2D eigenvalue weighted by Crippen LogP contribution is 2.12. The first-order chi connectivity index (χ1) is 13.2. The minimum absolute atomic E-state index is 0.0432. The highest BCUT2D eigenvalue weighted by molar-refractivity contribution is 5.76. The van der Waals surface area contributed by atoms with E-state index in [0.717, 1.165) is 19.3 Å². The number of amides is 1. The van der Waals surface area contributed by atoms with Crippen molar-refractivity contribution in [3.05, 3.63) is 12.2 Å². The van der Waals surface area contributed by atoms with Crippen LogP contribution in [0.25, 0.3) is 0 Å². The maximum absolute atomic E-state index is 11.7. The minimum atomic E-state index is -0.833. The van der Waals surface area contributed by atoms with E-state index in [1.54, 1.807) is 6.08 Å². The lowest BCUT2D eigenvalue weighted by atomic mass is 10.1. The van der Waals surface area contributed by atoms with Crippen LogP contribution in [0.2, 0.25) is 0 Å². The standard InChI is InChI=1S/C24H47NO2/c1-3-5-7-9-10-11-12-13-14-15-16-18-20-22-24(27)25-23(26)21-19-17-8-6-4-2/h20,22,24,27H,3-19,21H2,1-2H3,(H,25,26)/b22-20+. The number of aliphatic hydroxyl groups excluding tert-OH is 1. The van der Waals surface area contributed by atoms with E-state index in [2.05, 4.69) is 19.2 Å². The Labute approximate surface area is 169 Å². The van der Waals surface area contributed by atoms with Crippen molar-refractivity contribution >= 4 is 5.91 Å². The Hall–Kier alpha value is -0.830. The molecule has 0 aromatic carbocycles. The third kappa shape index (κ3) is 21.3. The zero-order valence-electron chi connectivity index (χ0n) is 18.3. The van der Waals surface area contributed by atoms with Crippen LogP contribution in [-0.2, 0) is 4.79 Å². The van der Waals surface area contributed by atoms with Gasteiger partial charge in [-0.25, -0.2) is 0 Å². The second-order valence-electron chi connectivity index (χ2n) is 7.93. The average molecular weight is 382 g/mol. The van der Waals surface area contributed by atoms with Gasteiger partial charge in [-0.05, 0) is 25.3 Å². The van der Waals surface area contributed by atoms with Crippen LogP contribution in [0.1, 0.15) is 129 Å². The summed E-state index contributed by atoms with van der Waals surface area (Å²) in [6, 6.07) is 0. The van der Waals surface area contributed by atoms with Gasteiger partial charge in [-0.15, -0.1) is 0 Å². The molecule has 0 radical (unpaired) electrons. The fourth-order valence-electron chi connectivity index (χ4n) is 3.33. The molecule has 0 saturated carbocycles. The van der Waals surface area contributed by atoms with E-state index in [4.69, 9.17) is 0 Å². The van der Waals surface area contributed by atoms with Gasteiger partial charge in [0.25, 0.3) is 0 Å². The summed E-state index contributed by atoms with van der Waals surface area (Å²) in [6.45, 7) is 4.45. The van der Waals surface area contributed by atoms with Crippen molar-refractivity contribution in [1.82, 2.24) is 5.32 Å². The third-order valence-corrected chi connectivity index (χ3v) is 5.11. The summed E-state index contributed by atoms with van der Waals surface area (Å²) >= 11 is 0. The predicted octanol–water partition coefficient (Wildman–Crippen LogP) is 7.04. The van der Waals surface area contributed by atoms with Gasteiger partial charge in [0.15, 0.2) is 0 Å². The molecule has 1 atom stereocenters.